The van der Waals surface area contributed by atoms with Crippen molar-refractivity contribution in [3.8, 4) is 0 Å². The van der Waals surface area contributed by atoms with Gasteiger partial charge in [0.15, 0.2) is 0 Å². The number of hydrogen-bond donors (Lipinski definition) is 1. The highest BCUT2D eigenvalue weighted by molar-refractivity contribution is 5.73. The van der Waals surface area contributed by atoms with Crippen LogP contribution in [-0.4, -0.2) is 35.1 Å². The minimum Gasteiger partial charge on any atom is -0.394 e. The molecule has 1 heterocycles. The molecule has 1 fully saturated rings. The molecule has 3 nitrogen and oxygen atoms in total. The second-order valence-corrected chi connectivity index (χ2v) is 3.35. The maximum absolute atomic E-state index is 11.0. The van der Waals surface area contributed by atoms with Crippen LogP contribution in [0.5, 0.6) is 0 Å². The van der Waals surface area contributed by atoms with Crippen LogP contribution in [-0.2, 0) is 4.79 Å². The topological polar surface area (TPSA) is 40.5 Å². The van der Waals surface area contributed by atoms with E-state index in [9.17, 15) is 4.79 Å². The van der Waals surface area contributed by atoms with Crippen molar-refractivity contribution in [3.05, 3.63) is 0 Å². The first-order valence-corrected chi connectivity index (χ1v) is 4.03. The highest BCUT2D eigenvalue weighted by atomic mass is 16.3. The quantitative estimate of drug-likeness (QED) is 0.592. The lowest BCUT2D eigenvalue weighted by Crippen LogP contribution is -2.35. The molecule has 0 saturated carbocycles. The van der Waals surface area contributed by atoms with Gasteiger partial charge in [-0.05, 0) is 12.3 Å². The molecule has 0 unspecified atom stereocenters. The lowest BCUT2D eigenvalue weighted by Gasteiger charge is -2.20. The molecule has 0 aromatic carbocycles. The summed E-state index contributed by atoms with van der Waals surface area (Å²) < 4.78 is 0. The first-order chi connectivity index (χ1) is 5.15. The van der Waals surface area contributed by atoms with Crippen molar-refractivity contribution in [2.75, 3.05) is 13.2 Å². The van der Waals surface area contributed by atoms with Gasteiger partial charge in [0.2, 0.25) is 5.91 Å². The van der Waals surface area contributed by atoms with Crippen LogP contribution in [0.2, 0.25) is 0 Å². The second-order valence-electron chi connectivity index (χ2n) is 3.35. The van der Waals surface area contributed by atoms with Crippen molar-refractivity contribution >= 4 is 5.91 Å². The Hall–Kier alpha value is -0.570. The summed E-state index contributed by atoms with van der Waals surface area (Å²) in [5.41, 5.74) is 0. The second kappa shape index (κ2) is 3.22. The van der Waals surface area contributed by atoms with E-state index in [2.05, 4.69) is 6.92 Å². The molecule has 1 aliphatic rings. The molecule has 0 spiro atoms. The van der Waals surface area contributed by atoms with E-state index in [0.717, 1.165) is 13.0 Å². The van der Waals surface area contributed by atoms with Gasteiger partial charge in [0, 0.05) is 13.5 Å². The molecule has 2 atom stereocenters. The molecule has 0 aromatic rings. The van der Waals surface area contributed by atoms with Crippen molar-refractivity contribution < 1.29 is 9.90 Å². The Labute approximate surface area is 67.0 Å². The molecule has 0 bridgehead atoms. The summed E-state index contributed by atoms with van der Waals surface area (Å²) in [7, 11) is 0. The molecule has 3 heteroatoms. The minimum atomic E-state index is 0.0718. The Bertz CT molecular complexity index is 158. The van der Waals surface area contributed by atoms with Gasteiger partial charge in [-0.25, -0.2) is 0 Å². The van der Waals surface area contributed by atoms with E-state index in [-0.39, 0.29) is 18.6 Å². The lowest BCUT2D eigenvalue weighted by molar-refractivity contribution is -0.130. The first-order valence-electron chi connectivity index (χ1n) is 4.03. The average Bonchev–Trinajstić information content (AvgIpc) is 2.30. The van der Waals surface area contributed by atoms with Gasteiger partial charge < -0.3 is 10.0 Å². The van der Waals surface area contributed by atoms with Crippen LogP contribution in [0.25, 0.3) is 0 Å². The van der Waals surface area contributed by atoms with E-state index in [1.165, 1.54) is 0 Å². The number of aliphatic hydroxyl groups is 1. The van der Waals surface area contributed by atoms with Crippen LogP contribution in [0.4, 0.5) is 0 Å². The SMILES string of the molecule is CC(=O)N1C[C@@H](C)C[C@H]1CO. The van der Waals surface area contributed by atoms with Crippen molar-refractivity contribution in [2.24, 2.45) is 5.92 Å². The first kappa shape index (κ1) is 8.53. The largest absolute Gasteiger partial charge is 0.394 e. The molecule has 64 valence electrons. The lowest BCUT2D eigenvalue weighted by atomic mass is 10.1. The fourth-order valence-electron chi connectivity index (χ4n) is 1.71. The zero-order valence-corrected chi connectivity index (χ0v) is 7.08. The van der Waals surface area contributed by atoms with E-state index >= 15 is 0 Å². The highest BCUT2D eigenvalue weighted by Crippen LogP contribution is 2.21. The number of rotatable bonds is 1. The summed E-state index contributed by atoms with van der Waals surface area (Å²) in [5.74, 6) is 0.615. The smallest absolute Gasteiger partial charge is 0.219 e. The average molecular weight is 157 g/mol. The third-order valence-electron chi connectivity index (χ3n) is 2.24. The van der Waals surface area contributed by atoms with Crippen LogP contribution in [0.3, 0.4) is 0 Å². The standard InChI is InChI=1S/C8H15NO2/c1-6-3-8(5-10)9(4-6)7(2)11/h6,8,10H,3-5H2,1-2H3/t6-,8-/m0/s1. The fraction of sp³-hybridized carbons (Fsp3) is 0.875. The maximum Gasteiger partial charge on any atom is 0.219 e. The Kier molecular flexibility index (Phi) is 2.49. The number of likely N-dealkylation sites (tertiary alicyclic amines) is 1. The predicted octanol–water partition coefficient (Wildman–Crippen LogP) is 0.236. The van der Waals surface area contributed by atoms with Gasteiger partial charge in [-0.2, -0.15) is 0 Å². The van der Waals surface area contributed by atoms with E-state index < -0.39 is 0 Å². The third kappa shape index (κ3) is 1.71. The van der Waals surface area contributed by atoms with Gasteiger partial charge in [0.25, 0.3) is 0 Å². The summed E-state index contributed by atoms with van der Waals surface area (Å²) in [6.07, 6.45) is 0.941. The van der Waals surface area contributed by atoms with Crippen LogP contribution in [0.1, 0.15) is 20.3 Å². The van der Waals surface area contributed by atoms with Gasteiger partial charge in [-0.15, -0.1) is 0 Å². The molecule has 1 amide bonds. The molecule has 0 radical (unpaired) electrons. The molecule has 1 N–H and O–H groups in total. The Balaban J connectivity index is 2.57. The molecule has 0 aliphatic carbocycles. The van der Waals surface area contributed by atoms with Crippen molar-refractivity contribution in [1.82, 2.24) is 4.90 Å². The molecular formula is C8H15NO2. The summed E-state index contributed by atoms with van der Waals surface area (Å²) in [6, 6.07) is 0.0718. The fourth-order valence-corrected chi connectivity index (χ4v) is 1.71. The van der Waals surface area contributed by atoms with Crippen molar-refractivity contribution in [3.63, 3.8) is 0 Å². The van der Waals surface area contributed by atoms with E-state index in [4.69, 9.17) is 5.11 Å². The zero-order chi connectivity index (χ0) is 8.43. The van der Waals surface area contributed by atoms with E-state index in [1.54, 1.807) is 11.8 Å². The molecule has 0 aromatic heterocycles. The number of aliphatic hydroxyl groups excluding tert-OH is 1. The van der Waals surface area contributed by atoms with Gasteiger partial charge in [0.1, 0.15) is 0 Å². The Morgan fingerprint density at radius 3 is 2.73 bits per heavy atom. The summed E-state index contributed by atoms with van der Waals surface area (Å²) in [4.78, 5) is 12.7. The van der Waals surface area contributed by atoms with Crippen molar-refractivity contribution in [2.45, 2.75) is 26.3 Å². The highest BCUT2D eigenvalue weighted by Gasteiger charge is 2.30. The number of nitrogens with zero attached hydrogens (tertiary/aromatic N) is 1. The molecule has 1 saturated heterocycles. The summed E-state index contributed by atoms with van der Waals surface area (Å²) >= 11 is 0. The molecule has 11 heavy (non-hydrogen) atoms. The summed E-state index contributed by atoms with van der Waals surface area (Å²) in [6.45, 7) is 4.57. The molecule has 1 rings (SSSR count). The van der Waals surface area contributed by atoms with Crippen LogP contribution in [0.15, 0.2) is 0 Å². The number of carbonyl (C=O) groups excluding carboxylic acids is 1. The third-order valence-corrected chi connectivity index (χ3v) is 2.24. The van der Waals surface area contributed by atoms with Crippen LogP contribution >= 0.6 is 0 Å². The number of hydrogen-bond acceptors (Lipinski definition) is 2. The van der Waals surface area contributed by atoms with Gasteiger partial charge in [0.05, 0.1) is 12.6 Å². The van der Waals surface area contributed by atoms with Gasteiger partial charge >= 0.3 is 0 Å². The predicted molar refractivity (Wildman–Crippen MR) is 42.0 cm³/mol. The zero-order valence-electron chi connectivity index (χ0n) is 7.08. The number of amides is 1. The molecular weight excluding hydrogens is 142 g/mol. The van der Waals surface area contributed by atoms with Gasteiger partial charge in [-0.3, -0.25) is 4.79 Å². The van der Waals surface area contributed by atoms with E-state index in [0.29, 0.717) is 5.92 Å². The Morgan fingerprint density at radius 1 is 1.73 bits per heavy atom. The molecule has 1 aliphatic heterocycles. The number of carbonyl (C=O) groups is 1. The monoisotopic (exact) mass is 157 g/mol. The van der Waals surface area contributed by atoms with Crippen LogP contribution in [0, 0.1) is 5.92 Å². The maximum atomic E-state index is 11.0. The van der Waals surface area contributed by atoms with Gasteiger partial charge in [-0.1, -0.05) is 6.92 Å². The van der Waals surface area contributed by atoms with Crippen molar-refractivity contribution in [1.29, 1.82) is 0 Å². The van der Waals surface area contributed by atoms with E-state index in [1.807, 2.05) is 0 Å². The van der Waals surface area contributed by atoms with Crippen LogP contribution < -0.4 is 0 Å². The minimum absolute atomic E-state index is 0.0718. The Morgan fingerprint density at radius 2 is 2.36 bits per heavy atom. The summed E-state index contributed by atoms with van der Waals surface area (Å²) in [5, 5.41) is 8.91. The normalized spacial score (nSPS) is 31.0.